The van der Waals surface area contributed by atoms with Gasteiger partial charge in [-0.25, -0.2) is 0 Å². The molecular formula is C17H24O4. The lowest BCUT2D eigenvalue weighted by Crippen LogP contribution is -2.26. The Balaban J connectivity index is 2.62. The molecule has 0 unspecified atom stereocenters. The quantitative estimate of drug-likeness (QED) is 0.489. The summed E-state index contributed by atoms with van der Waals surface area (Å²) < 4.78 is 16.0. The largest absolute Gasteiger partial charge is 0.497 e. The van der Waals surface area contributed by atoms with Crippen LogP contribution in [0, 0.1) is 0 Å². The molecule has 0 aliphatic carbocycles. The minimum absolute atomic E-state index is 0.173. The van der Waals surface area contributed by atoms with Gasteiger partial charge in [0, 0.05) is 13.2 Å². The Morgan fingerprint density at radius 3 is 2.14 bits per heavy atom. The van der Waals surface area contributed by atoms with Crippen molar-refractivity contribution in [2.75, 3.05) is 20.3 Å². The minimum atomic E-state index is -0.806. The van der Waals surface area contributed by atoms with Gasteiger partial charge in [0.05, 0.1) is 7.11 Å². The van der Waals surface area contributed by atoms with E-state index in [2.05, 4.69) is 0 Å². The van der Waals surface area contributed by atoms with Crippen LogP contribution in [0.1, 0.15) is 32.3 Å². The average molecular weight is 292 g/mol. The molecule has 0 aromatic heterocycles. The first-order valence-electron chi connectivity index (χ1n) is 7.30. The van der Waals surface area contributed by atoms with Gasteiger partial charge in [0.2, 0.25) is 12.1 Å². The van der Waals surface area contributed by atoms with E-state index in [4.69, 9.17) is 14.2 Å². The molecule has 116 valence electrons. The molecule has 0 N–H and O–H groups in total. The highest BCUT2D eigenvalue weighted by atomic mass is 16.7. The van der Waals surface area contributed by atoms with Crippen molar-refractivity contribution in [3.63, 3.8) is 0 Å². The fourth-order valence-electron chi connectivity index (χ4n) is 1.63. The summed E-state index contributed by atoms with van der Waals surface area (Å²) in [5.41, 5.74) is 0.925. The number of rotatable bonds is 10. The highest BCUT2D eigenvalue weighted by molar-refractivity contribution is 5.96. The van der Waals surface area contributed by atoms with Crippen molar-refractivity contribution < 1.29 is 19.0 Å². The van der Waals surface area contributed by atoms with Crippen LogP contribution in [0.3, 0.4) is 0 Å². The summed E-state index contributed by atoms with van der Waals surface area (Å²) in [6, 6.07) is 7.47. The van der Waals surface area contributed by atoms with Gasteiger partial charge in [-0.15, -0.1) is 0 Å². The third kappa shape index (κ3) is 6.56. The maximum absolute atomic E-state index is 12.1. The van der Waals surface area contributed by atoms with Crippen molar-refractivity contribution in [2.45, 2.75) is 33.0 Å². The molecule has 0 spiro atoms. The number of carbonyl (C=O) groups excluding carboxylic acids is 1. The van der Waals surface area contributed by atoms with Gasteiger partial charge in [-0.05, 0) is 36.6 Å². The fourth-order valence-corrected chi connectivity index (χ4v) is 1.63. The predicted octanol–water partition coefficient (Wildman–Crippen LogP) is 3.46. The molecule has 0 aliphatic rings. The topological polar surface area (TPSA) is 44.8 Å². The van der Waals surface area contributed by atoms with Crippen molar-refractivity contribution in [3.05, 3.63) is 35.9 Å². The molecule has 21 heavy (non-hydrogen) atoms. The van der Waals surface area contributed by atoms with Crippen LogP contribution in [-0.4, -0.2) is 32.4 Å². The number of carbonyl (C=O) groups is 1. The predicted molar refractivity (Wildman–Crippen MR) is 83.3 cm³/mol. The normalized spacial score (nSPS) is 11.2. The monoisotopic (exact) mass is 292 g/mol. The van der Waals surface area contributed by atoms with Crippen molar-refractivity contribution in [3.8, 4) is 5.75 Å². The van der Waals surface area contributed by atoms with Crippen molar-refractivity contribution in [1.82, 2.24) is 0 Å². The number of hydrogen-bond donors (Lipinski definition) is 0. The van der Waals surface area contributed by atoms with E-state index in [-0.39, 0.29) is 5.78 Å². The summed E-state index contributed by atoms with van der Waals surface area (Å²) in [5, 5.41) is 0. The standard InChI is InChI=1S/C17H24O4/c1-4-12-20-17(21-13-5-2)16(18)11-8-14-6-9-15(19-3)10-7-14/h6-11,17H,4-5,12-13H2,1-3H3/b11-8+. The van der Waals surface area contributed by atoms with E-state index in [0.29, 0.717) is 13.2 Å². The van der Waals surface area contributed by atoms with Gasteiger partial charge in [0.1, 0.15) is 5.75 Å². The molecule has 0 saturated heterocycles. The van der Waals surface area contributed by atoms with Crippen LogP contribution < -0.4 is 4.74 Å². The Bertz CT molecular complexity index is 429. The molecule has 4 nitrogen and oxygen atoms in total. The maximum atomic E-state index is 12.1. The molecule has 0 radical (unpaired) electrons. The second kappa shape index (κ2) is 10.1. The second-order valence-electron chi connectivity index (χ2n) is 4.58. The van der Waals surface area contributed by atoms with E-state index in [0.717, 1.165) is 24.2 Å². The van der Waals surface area contributed by atoms with E-state index in [1.54, 1.807) is 13.2 Å². The number of ether oxygens (including phenoxy) is 3. The lowest BCUT2D eigenvalue weighted by Gasteiger charge is -2.15. The van der Waals surface area contributed by atoms with Gasteiger partial charge < -0.3 is 14.2 Å². The number of benzene rings is 1. The second-order valence-corrected chi connectivity index (χ2v) is 4.58. The molecule has 1 aromatic rings. The Kier molecular flexibility index (Phi) is 8.40. The number of methoxy groups -OCH3 is 1. The van der Waals surface area contributed by atoms with Crippen LogP contribution in [0.5, 0.6) is 5.75 Å². The Labute approximate surface area is 126 Å². The van der Waals surface area contributed by atoms with E-state index in [9.17, 15) is 4.79 Å². The first-order valence-corrected chi connectivity index (χ1v) is 7.30. The zero-order chi connectivity index (χ0) is 15.5. The molecule has 0 atom stereocenters. The van der Waals surface area contributed by atoms with Gasteiger partial charge in [0.15, 0.2) is 0 Å². The van der Waals surface area contributed by atoms with Gasteiger partial charge in [-0.2, -0.15) is 0 Å². The third-order valence-electron chi connectivity index (χ3n) is 2.73. The first-order chi connectivity index (χ1) is 10.2. The summed E-state index contributed by atoms with van der Waals surface area (Å²) in [4.78, 5) is 12.1. The Morgan fingerprint density at radius 1 is 1.10 bits per heavy atom. The van der Waals surface area contributed by atoms with Gasteiger partial charge in [0.25, 0.3) is 0 Å². The SMILES string of the molecule is CCCOC(OCCC)C(=O)/C=C/c1ccc(OC)cc1. The van der Waals surface area contributed by atoms with E-state index < -0.39 is 6.29 Å². The van der Waals surface area contributed by atoms with Crippen LogP contribution >= 0.6 is 0 Å². The number of hydrogen-bond acceptors (Lipinski definition) is 4. The van der Waals surface area contributed by atoms with Crippen LogP contribution in [0.25, 0.3) is 6.08 Å². The van der Waals surface area contributed by atoms with E-state index >= 15 is 0 Å². The lowest BCUT2D eigenvalue weighted by molar-refractivity contribution is -0.165. The van der Waals surface area contributed by atoms with Crippen molar-refractivity contribution in [1.29, 1.82) is 0 Å². The Morgan fingerprint density at radius 2 is 1.67 bits per heavy atom. The summed E-state index contributed by atoms with van der Waals surface area (Å²) in [5.74, 6) is 0.613. The molecule has 0 fully saturated rings. The summed E-state index contributed by atoms with van der Waals surface area (Å²) in [6.07, 6.45) is 4.14. The van der Waals surface area contributed by atoms with Crippen molar-refractivity contribution in [2.24, 2.45) is 0 Å². The summed E-state index contributed by atoms with van der Waals surface area (Å²) in [7, 11) is 1.62. The fraction of sp³-hybridized carbons (Fsp3) is 0.471. The summed E-state index contributed by atoms with van der Waals surface area (Å²) in [6.45, 7) is 5.01. The van der Waals surface area contributed by atoms with Crippen LogP contribution in [-0.2, 0) is 14.3 Å². The molecule has 1 aromatic carbocycles. The highest BCUT2D eigenvalue weighted by Crippen LogP contribution is 2.12. The smallest absolute Gasteiger partial charge is 0.221 e. The Hall–Kier alpha value is -1.65. The van der Waals surface area contributed by atoms with Crippen LogP contribution in [0.15, 0.2) is 30.3 Å². The van der Waals surface area contributed by atoms with Crippen LogP contribution in [0.4, 0.5) is 0 Å². The average Bonchev–Trinajstić information content (AvgIpc) is 2.53. The van der Waals surface area contributed by atoms with Crippen LogP contribution in [0.2, 0.25) is 0 Å². The van der Waals surface area contributed by atoms with Gasteiger partial charge in [-0.3, -0.25) is 4.79 Å². The molecule has 0 bridgehead atoms. The van der Waals surface area contributed by atoms with E-state index in [1.165, 1.54) is 6.08 Å². The van der Waals surface area contributed by atoms with Gasteiger partial charge >= 0.3 is 0 Å². The molecule has 4 heteroatoms. The lowest BCUT2D eigenvalue weighted by atomic mass is 10.2. The zero-order valence-corrected chi connectivity index (χ0v) is 13.0. The molecule has 1 rings (SSSR count). The molecule has 0 heterocycles. The zero-order valence-electron chi connectivity index (χ0n) is 13.0. The molecule has 0 saturated carbocycles. The third-order valence-corrected chi connectivity index (χ3v) is 2.73. The van der Waals surface area contributed by atoms with Gasteiger partial charge in [-0.1, -0.05) is 32.1 Å². The molecular weight excluding hydrogens is 268 g/mol. The summed E-state index contributed by atoms with van der Waals surface area (Å²) >= 11 is 0. The number of ketones is 1. The van der Waals surface area contributed by atoms with Crippen molar-refractivity contribution >= 4 is 11.9 Å². The maximum Gasteiger partial charge on any atom is 0.221 e. The highest BCUT2D eigenvalue weighted by Gasteiger charge is 2.16. The first kappa shape index (κ1) is 17.4. The van der Waals surface area contributed by atoms with E-state index in [1.807, 2.05) is 38.1 Å². The molecule has 0 amide bonds. The minimum Gasteiger partial charge on any atom is -0.497 e. The molecule has 0 aliphatic heterocycles.